The molecule has 1 aliphatic heterocycles. The number of alkyl halides is 3. The number of hydrogen-bond donors (Lipinski definition) is 2. The molecule has 2 aliphatic rings. The van der Waals surface area contributed by atoms with E-state index in [0.717, 1.165) is 35.8 Å². The molecule has 2 N–H and O–H groups in total. The van der Waals surface area contributed by atoms with Crippen LogP contribution in [0, 0.1) is 5.92 Å². The summed E-state index contributed by atoms with van der Waals surface area (Å²) < 4.78 is 37.6. The molecular weight excluding hydrogens is 466 g/mol. The third-order valence-electron chi connectivity index (χ3n) is 4.41. The predicted molar refractivity (Wildman–Crippen MR) is 103 cm³/mol. The average molecular weight is 489 g/mol. The minimum atomic E-state index is -4.38. The monoisotopic (exact) mass is 489 g/mol. The fourth-order valence-corrected chi connectivity index (χ4v) is 3.68. The fourth-order valence-electron chi connectivity index (χ4n) is 2.94. The third kappa shape index (κ3) is 5.95. The number of aromatic nitrogens is 1. The Balaban J connectivity index is 0.00000225. The Bertz CT molecular complexity index is 588. The molecule has 1 aromatic heterocycles. The van der Waals surface area contributed by atoms with Crippen LogP contribution < -0.4 is 10.6 Å². The first-order chi connectivity index (χ1) is 11.5. The van der Waals surface area contributed by atoms with E-state index in [1.807, 2.05) is 0 Å². The normalized spacial score (nSPS) is 21.9. The molecule has 142 valence electrons. The lowest BCUT2D eigenvalue weighted by Crippen LogP contribution is -2.40. The van der Waals surface area contributed by atoms with Crippen molar-refractivity contribution in [2.45, 2.75) is 38.0 Å². The smallest absolute Gasteiger partial charge is 0.356 e. The summed E-state index contributed by atoms with van der Waals surface area (Å²) in [5.41, 5.74) is -0.835. The molecule has 1 aliphatic carbocycles. The number of halogens is 4. The van der Waals surface area contributed by atoms with Crippen molar-refractivity contribution >= 4 is 41.3 Å². The Kier molecular flexibility index (Phi) is 7.32. The zero-order valence-electron chi connectivity index (χ0n) is 14.0. The Hall–Kier alpha value is -0.620. The van der Waals surface area contributed by atoms with Gasteiger partial charge in [0.15, 0.2) is 11.7 Å². The van der Waals surface area contributed by atoms with Crippen molar-refractivity contribution in [3.05, 3.63) is 16.1 Å². The minimum Gasteiger partial charge on any atom is -0.356 e. The predicted octanol–water partition coefficient (Wildman–Crippen LogP) is 2.93. The molecule has 2 fully saturated rings. The highest BCUT2D eigenvalue weighted by molar-refractivity contribution is 14.0. The number of guanidine groups is 1. The molecule has 0 aromatic carbocycles. The quantitative estimate of drug-likeness (QED) is 0.380. The lowest BCUT2D eigenvalue weighted by molar-refractivity contribution is -0.140. The number of nitrogens with zero attached hydrogens (tertiary/aromatic N) is 3. The number of nitrogens with one attached hydrogen (secondary N) is 2. The number of rotatable bonds is 5. The standard InChI is InChI=1S/C15H22F3N5S.HI/c1-19-14(20-6-10-4-5-23(8-10)11-2-3-11)21-7-13-22-12(9-24-13)15(16,17)18;/h9-11H,2-8H2,1H3,(H2,19,20,21);1H. The van der Waals surface area contributed by atoms with Crippen LogP contribution in [0.15, 0.2) is 10.4 Å². The first kappa shape index (κ1) is 20.7. The van der Waals surface area contributed by atoms with E-state index in [1.165, 1.54) is 25.8 Å². The summed E-state index contributed by atoms with van der Waals surface area (Å²) in [5.74, 6) is 1.20. The summed E-state index contributed by atoms with van der Waals surface area (Å²) in [4.78, 5) is 10.3. The van der Waals surface area contributed by atoms with E-state index in [4.69, 9.17) is 0 Å². The van der Waals surface area contributed by atoms with E-state index < -0.39 is 11.9 Å². The molecule has 3 rings (SSSR count). The second kappa shape index (κ2) is 8.85. The van der Waals surface area contributed by atoms with Gasteiger partial charge in [-0.15, -0.1) is 35.3 Å². The number of likely N-dealkylation sites (tertiary alicyclic amines) is 1. The van der Waals surface area contributed by atoms with Gasteiger partial charge in [0, 0.05) is 31.6 Å². The maximum Gasteiger partial charge on any atom is 0.434 e. The van der Waals surface area contributed by atoms with Crippen LogP contribution in [0.25, 0.3) is 0 Å². The molecule has 1 saturated carbocycles. The Morgan fingerprint density at radius 1 is 1.36 bits per heavy atom. The van der Waals surface area contributed by atoms with Crippen molar-refractivity contribution in [3.63, 3.8) is 0 Å². The molecule has 0 bridgehead atoms. The van der Waals surface area contributed by atoms with Gasteiger partial charge in [0.05, 0.1) is 6.54 Å². The van der Waals surface area contributed by atoms with Crippen LogP contribution in [0.3, 0.4) is 0 Å². The lowest BCUT2D eigenvalue weighted by atomic mass is 10.1. The summed E-state index contributed by atoms with van der Waals surface area (Å²) in [5, 5.41) is 7.73. The molecule has 1 saturated heterocycles. The molecule has 1 atom stereocenters. The van der Waals surface area contributed by atoms with Crippen molar-refractivity contribution in [3.8, 4) is 0 Å². The van der Waals surface area contributed by atoms with E-state index in [9.17, 15) is 13.2 Å². The molecule has 0 radical (unpaired) electrons. The Morgan fingerprint density at radius 3 is 2.72 bits per heavy atom. The second-order valence-electron chi connectivity index (χ2n) is 6.31. The number of aliphatic imine (C=N–C) groups is 1. The summed E-state index contributed by atoms with van der Waals surface area (Å²) in [6, 6.07) is 0.806. The molecule has 10 heteroatoms. The summed E-state index contributed by atoms with van der Waals surface area (Å²) in [7, 11) is 1.66. The van der Waals surface area contributed by atoms with E-state index in [1.54, 1.807) is 7.05 Å². The maximum atomic E-state index is 12.5. The van der Waals surface area contributed by atoms with E-state index in [0.29, 0.717) is 16.9 Å². The van der Waals surface area contributed by atoms with E-state index in [2.05, 4.69) is 25.5 Å². The van der Waals surface area contributed by atoms with Crippen LogP contribution >= 0.6 is 35.3 Å². The van der Waals surface area contributed by atoms with Gasteiger partial charge in [-0.25, -0.2) is 4.98 Å². The Morgan fingerprint density at radius 2 is 2.12 bits per heavy atom. The molecule has 1 unspecified atom stereocenters. The Labute approximate surface area is 166 Å². The fraction of sp³-hybridized carbons (Fsp3) is 0.733. The van der Waals surface area contributed by atoms with Gasteiger partial charge >= 0.3 is 6.18 Å². The van der Waals surface area contributed by atoms with Gasteiger partial charge in [0.1, 0.15) is 5.01 Å². The van der Waals surface area contributed by atoms with Crippen molar-refractivity contribution in [2.24, 2.45) is 10.9 Å². The highest BCUT2D eigenvalue weighted by Crippen LogP contribution is 2.31. The van der Waals surface area contributed by atoms with Crippen molar-refractivity contribution < 1.29 is 13.2 Å². The van der Waals surface area contributed by atoms with Crippen LogP contribution in [0.5, 0.6) is 0 Å². The highest BCUT2D eigenvalue weighted by Gasteiger charge is 2.34. The van der Waals surface area contributed by atoms with Gasteiger partial charge in [0.2, 0.25) is 0 Å². The first-order valence-corrected chi connectivity index (χ1v) is 9.04. The minimum absolute atomic E-state index is 0. The average Bonchev–Trinajstić information content (AvgIpc) is 3.09. The SMILES string of the molecule is CN=C(NCc1nc(C(F)(F)F)cs1)NCC1CCN(C2CC2)C1.I. The number of thiazole rings is 1. The van der Waals surface area contributed by atoms with Gasteiger partial charge in [-0.3, -0.25) is 4.99 Å². The maximum absolute atomic E-state index is 12.5. The van der Waals surface area contributed by atoms with Gasteiger partial charge in [0.25, 0.3) is 0 Å². The third-order valence-corrected chi connectivity index (χ3v) is 5.26. The van der Waals surface area contributed by atoms with Crippen LogP contribution in [-0.2, 0) is 12.7 Å². The van der Waals surface area contributed by atoms with Crippen LogP contribution in [0.1, 0.15) is 30.0 Å². The highest BCUT2D eigenvalue weighted by atomic mass is 127. The summed E-state index contributed by atoms with van der Waals surface area (Å²) in [6.45, 7) is 3.35. The number of hydrogen-bond acceptors (Lipinski definition) is 4. The summed E-state index contributed by atoms with van der Waals surface area (Å²) in [6.07, 6.45) is -0.541. The van der Waals surface area contributed by atoms with Crippen molar-refractivity contribution in [2.75, 3.05) is 26.7 Å². The molecule has 1 aromatic rings. The van der Waals surface area contributed by atoms with Crippen LogP contribution in [0.2, 0.25) is 0 Å². The first-order valence-electron chi connectivity index (χ1n) is 8.16. The molecule has 0 spiro atoms. The largest absolute Gasteiger partial charge is 0.434 e. The lowest BCUT2D eigenvalue weighted by Gasteiger charge is -2.16. The van der Waals surface area contributed by atoms with Crippen LogP contribution in [0.4, 0.5) is 13.2 Å². The van der Waals surface area contributed by atoms with Crippen LogP contribution in [-0.4, -0.2) is 48.6 Å². The second-order valence-corrected chi connectivity index (χ2v) is 7.25. The molecule has 2 heterocycles. The molecular formula is C15H23F3IN5S. The van der Waals surface area contributed by atoms with E-state index >= 15 is 0 Å². The van der Waals surface area contributed by atoms with Gasteiger partial charge in [-0.1, -0.05) is 0 Å². The zero-order chi connectivity index (χ0) is 17.2. The van der Waals surface area contributed by atoms with Gasteiger partial charge in [-0.05, 0) is 31.7 Å². The molecule has 0 amide bonds. The molecule has 5 nitrogen and oxygen atoms in total. The van der Waals surface area contributed by atoms with Crippen molar-refractivity contribution in [1.82, 2.24) is 20.5 Å². The van der Waals surface area contributed by atoms with E-state index in [-0.39, 0.29) is 30.5 Å². The zero-order valence-corrected chi connectivity index (χ0v) is 17.1. The van der Waals surface area contributed by atoms with Gasteiger partial charge < -0.3 is 15.5 Å². The van der Waals surface area contributed by atoms with Gasteiger partial charge in [-0.2, -0.15) is 13.2 Å². The topological polar surface area (TPSA) is 52.6 Å². The van der Waals surface area contributed by atoms with Crippen molar-refractivity contribution in [1.29, 1.82) is 0 Å². The summed E-state index contributed by atoms with van der Waals surface area (Å²) >= 11 is 1.000. The molecule has 25 heavy (non-hydrogen) atoms.